The number of benzene rings is 1. The Bertz CT molecular complexity index is 558. The fourth-order valence-electron chi connectivity index (χ4n) is 1.63. The third kappa shape index (κ3) is 1.53. The van der Waals surface area contributed by atoms with Gasteiger partial charge in [0.25, 0.3) is 5.56 Å². The molecule has 1 fully saturated rings. The minimum Gasteiger partial charge on any atom is -0.371 e. The number of epoxide rings is 1. The Morgan fingerprint density at radius 2 is 2.27 bits per heavy atom. The largest absolute Gasteiger partial charge is 0.371 e. The van der Waals surface area contributed by atoms with E-state index in [0.29, 0.717) is 11.9 Å². The summed E-state index contributed by atoms with van der Waals surface area (Å²) >= 11 is 0. The van der Waals surface area contributed by atoms with Crippen molar-refractivity contribution < 1.29 is 4.74 Å². The number of para-hydroxylation sites is 1. The highest BCUT2D eigenvalue weighted by molar-refractivity contribution is 5.76. The summed E-state index contributed by atoms with van der Waals surface area (Å²) in [6.07, 6.45) is 1.79. The molecular formula is C11H10N2O2. The van der Waals surface area contributed by atoms with Crippen LogP contribution in [-0.2, 0) is 11.3 Å². The van der Waals surface area contributed by atoms with Gasteiger partial charge < -0.3 is 4.74 Å². The van der Waals surface area contributed by atoms with Crippen LogP contribution in [0.5, 0.6) is 0 Å². The number of hydrogen-bond acceptors (Lipinski definition) is 3. The Hall–Kier alpha value is -1.68. The smallest absolute Gasteiger partial charge is 0.261 e. The molecule has 1 unspecified atom stereocenters. The monoisotopic (exact) mass is 202 g/mol. The lowest BCUT2D eigenvalue weighted by Crippen LogP contribution is -2.22. The van der Waals surface area contributed by atoms with Crippen molar-refractivity contribution >= 4 is 10.9 Å². The van der Waals surface area contributed by atoms with Crippen LogP contribution in [0.4, 0.5) is 0 Å². The second kappa shape index (κ2) is 3.17. The van der Waals surface area contributed by atoms with Gasteiger partial charge in [0.1, 0.15) is 0 Å². The van der Waals surface area contributed by atoms with Crippen molar-refractivity contribution in [2.75, 3.05) is 6.61 Å². The minimum atomic E-state index is 0.0103. The molecule has 0 N–H and O–H groups in total. The van der Waals surface area contributed by atoms with E-state index in [1.807, 2.05) is 18.2 Å². The molecule has 2 heterocycles. The van der Waals surface area contributed by atoms with Gasteiger partial charge in [0, 0.05) is 0 Å². The van der Waals surface area contributed by atoms with Gasteiger partial charge >= 0.3 is 0 Å². The van der Waals surface area contributed by atoms with Gasteiger partial charge in [0.2, 0.25) is 0 Å². The van der Waals surface area contributed by atoms with E-state index in [0.717, 1.165) is 12.1 Å². The van der Waals surface area contributed by atoms with Gasteiger partial charge in [-0.3, -0.25) is 9.36 Å². The second-order valence-electron chi connectivity index (χ2n) is 3.67. The number of nitrogens with zero attached hydrogens (tertiary/aromatic N) is 2. The summed E-state index contributed by atoms with van der Waals surface area (Å²) in [5.41, 5.74) is 0.756. The summed E-state index contributed by atoms with van der Waals surface area (Å²) in [6, 6.07) is 7.37. The maximum absolute atomic E-state index is 12.0. The van der Waals surface area contributed by atoms with Gasteiger partial charge in [-0.05, 0) is 12.1 Å². The number of rotatable bonds is 2. The highest BCUT2D eigenvalue weighted by Gasteiger charge is 2.23. The van der Waals surface area contributed by atoms with Gasteiger partial charge in [-0.1, -0.05) is 12.1 Å². The lowest BCUT2D eigenvalue weighted by molar-refractivity contribution is 0.380. The Morgan fingerprint density at radius 3 is 3.07 bits per heavy atom. The lowest BCUT2D eigenvalue weighted by Gasteiger charge is -2.03. The van der Waals surface area contributed by atoms with Crippen LogP contribution < -0.4 is 5.56 Å². The molecule has 1 aromatic carbocycles. The van der Waals surface area contributed by atoms with Crippen molar-refractivity contribution in [2.45, 2.75) is 12.6 Å². The van der Waals surface area contributed by atoms with Crippen LogP contribution in [0.2, 0.25) is 0 Å². The average Bonchev–Trinajstić information content (AvgIpc) is 3.07. The van der Waals surface area contributed by atoms with E-state index < -0.39 is 0 Å². The van der Waals surface area contributed by atoms with Crippen molar-refractivity contribution in [1.29, 1.82) is 0 Å². The summed E-state index contributed by atoms with van der Waals surface area (Å²) < 4.78 is 6.70. The summed E-state index contributed by atoms with van der Waals surface area (Å²) in [5, 5.41) is 0.667. The summed E-state index contributed by atoms with van der Waals surface area (Å²) in [5.74, 6) is 0. The van der Waals surface area contributed by atoms with Crippen molar-refractivity contribution in [3.05, 3.63) is 40.9 Å². The topological polar surface area (TPSA) is 47.4 Å². The van der Waals surface area contributed by atoms with Crippen LogP contribution in [0.15, 0.2) is 35.4 Å². The standard InChI is InChI=1S/C11H10N2O2/c14-11-9-3-1-2-4-10(9)12-7-13(11)5-8-6-15-8/h1-4,7-8H,5-6H2. The molecule has 4 heteroatoms. The molecule has 0 aliphatic carbocycles. The number of fused-ring (bicyclic) bond motifs is 1. The predicted molar refractivity (Wildman–Crippen MR) is 55.7 cm³/mol. The molecular weight excluding hydrogens is 192 g/mol. The summed E-state index contributed by atoms with van der Waals surface area (Å²) in [7, 11) is 0. The fourth-order valence-corrected chi connectivity index (χ4v) is 1.63. The third-order valence-corrected chi connectivity index (χ3v) is 2.53. The fraction of sp³-hybridized carbons (Fsp3) is 0.273. The molecule has 1 aliphatic rings. The molecule has 0 spiro atoms. The van der Waals surface area contributed by atoms with E-state index >= 15 is 0 Å². The van der Waals surface area contributed by atoms with Crippen molar-refractivity contribution in [2.24, 2.45) is 0 Å². The Morgan fingerprint density at radius 1 is 1.47 bits per heavy atom. The van der Waals surface area contributed by atoms with Crippen LogP contribution in [-0.4, -0.2) is 22.3 Å². The van der Waals surface area contributed by atoms with Gasteiger partial charge in [-0.15, -0.1) is 0 Å². The highest BCUT2D eigenvalue weighted by atomic mass is 16.6. The van der Waals surface area contributed by atoms with Crippen LogP contribution >= 0.6 is 0 Å². The van der Waals surface area contributed by atoms with Gasteiger partial charge in [0.05, 0.1) is 36.5 Å². The van der Waals surface area contributed by atoms with Crippen molar-refractivity contribution in [3.8, 4) is 0 Å². The molecule has 1 saturated heterocycles. The van der Waals surface area contributed by atoms with Gasteiger partial charge in [0.15, 0.2) is 0 Å². The molecule has 0 saturated carbocycles. The molecule has 2 aromatic rings. The highest BCUT2D eigenvalue weighted by Crippen LogP contribution is 2.11. The predicted octanol–water partition coefficient (Wildman–Crippen LogP) is 0.795. The first kappa shape index (κ1) is 8.61. The van der Waals surface area contributed by atoms with Gasteiger partial charge in [-0.25, -0.2) is 4.98 Å². The normalized spacial score (nSPS) is 19.3. The molecule has 0 radical (unpaired) electrons. The molecule has 4 nitrogen and oxygen atoms in total. The van der Waals surface area contributed by atoms with Crippen molar-refractivity contribution in [1.82, 2.24) is 9.55 Å². The molecule has 3 rings (SSSR count). The molecule has 0 bridgehead atoms. The SMILES string of the molecule is O=c1c2ccccc2ncn1CC1CO1. The lowest BCUT2D eigenvalue weighted by atomic mass is 10.2. The third-order valence-electron chi connectivity index (χ3n) is 2.53. The molecule has 1 aliphatic heterocycles. The van der Waals surface area contributed by atoms with E-state index in [1.54, 1.807) is 17.0 Å². The minimum absolute atomic E-state index is 0.0103. The van der Waals surface area contributed by atoms with E-state index in [2.05, 4.69) is 4.98 Å². The zero-order chi connectivity index (χ0) is 10.3. The Kier molecular flexibility index (Phi) is 1.82. The molecule has 1 aromatic heterocycles. The van der Waals surface area contributed by atoms with Crippen LogP contribution in [0.25, 0.3) is 10.9 Å². The zero-order valence-electron chi connectivity index (χ0n) is 8.09. The van der Waals surface area contributed by atoms with Crippen LogP contribution in [0.3, 0.4) is 0 Å². The number of hydrogen-bond donors (Lipinski definition) is 0. The van der Waals surface area contributed by atoms with E-state index in [9.17, 15) is 4.79 Å². The molecule has 76 valence electrons. The first-order valence-electron chi connectivity index (χ1n) is 4.90. The van der Waals surface area contributed by atoms with E-state index in [4.69, 9.17) is 4.74 Å². The zero-order valence-corrected chi connectivity index (χ0v) is 8.09. The maximum atomic E-state index is 12.0. The average molecular weight is 202 g/mol. The van der Waals surface area contributed by atoms with Crippen LogP contribution in [0, 0.1) is 0 Å². The molecule has 0 amide bonds. The molecule has 1 atom stereocenters. The second-order valence-corrected chi connectivity index (χ2v) is 3.67. The quantitative estimate of drug-likeness (QED) is 0.676. The summed E-state index contributed by atoms with van der Waals surface area (Å²) in [6.45, 7) is 1.36. The Labute approximate surface area is 86.1 Å². The first-order valence-corrected chi connectivity index (χ1v) is 4.90. The Balaban J connectivity index is 2.15. The van der Waals surface area contributed by atoms with E-state index in [-0.39, 0.29) is 11.7 Å². The maximum Gasteiger partial charge on any atom is 0.261 e. The summed E-state index contributed by atoms with van der Waals surface area (Å²) in [4.78, 5) is 16.2. The van der Waals surface area contributed by atoms with Crippen molar-refractivity contribution in [3.63, 3.8) is 0 Å². The number of ether oxygens (including phenoxy) is 1. The number of aromatic nitrogens is 2. The van der Waals surface area contributed by atoms with E-state index in [1.165, 1.54) is 0 Å². The first-order chi connectivity index (χ1) is 7.34. The molecule has 15 heavy (non-hydrogen) atoms. The van der Waals surface area contributed by atoms with Gasteiger partial charge in [-0.2, -0.15) is 0 Å². The van der Waals surface area contributed by atoms with Crippen LogP contribution in [0.1, 0.15) is 0 Å².